The fourth-order valence-electron chi connectivity index (χ4n) is 4.48. The summed E-state index contributed by atoms with van der Waals surface area (Å²) >= 11 is 0. The van der Waals surface area contributed by atoms with E-state index in [2.05, 4.69) is 24.8 Å². The van der Waals surface area contributed by atoms with Gasteiger partial charge in [-0.05, 0) is 66.8 Å². The second-order valence-corrected chi connectivity index (χ2v) is 7.58. The number of piperidine rings is 1. The van der Waals surface area contributed by atoms with Crippen molar-refractivity contribution in [1.29, 1.82) is 5.26 Å². The fourth-order valence-corrected chi connectivity index (χ4v) is 4.48. The maximum absolute atomic E-state index is 13.1. The molecule has 0 radical (unpaired) electrons. The molecule has 114 valence electrons. The highest BCUT2D eigenvalue weighted by molar-refractivity contribution is 6.03. The van der Waals surface area contributed by atoms with E-state index in [9.17, 15) is 10.1 Å². The highest BCUT2D eigenvalue weighted by atomic mass is 16.1. The number of fused-ring (bicyclic) bond motifs is 4. The van der Waals surface area contributed by atoms with E-state index in [4.69, 9.17) is 0 Å². The number of ketones is 1. The maximum Gasteiger partial charge on any atom is 0.180 e. The average molecular weight is 294 g/mol. The fraction of sp³-hybridized carbons (Fsp3) is 0.579. The Morgan fingerprint density at radius 1 is 1.41 bits per heavy atom. The highest BCUT2D eigenvalue weighted by Crippen LogP contribution is 2.49. The maximum atomic E-state index is 13.1. The van der Waals surface area contributed by atoms with Crippen LogP contribution in [0.4, 0.5) is 0 Å². The summed E-state index contributed by atoms with van der Waals surface area (Å²) in [6.07, 6.45) is 3.73. The summed E-state index contributed by atoms with van der Waals surface area (Å²) in [4.78, 5) is 15.5. The molecule has 0 aromatic heterocycles. The molecule has 2 aliphatic carbocycles. The Hall–Kier alpha value is -1.66. The van der Waals surface area contributed by atoms with Gasteiger partial charge in [-0.25, -0.2) is 0 Å². The van der Waals surface area contributed by atoms with E-state index in [-0.39, 0.29) is 17.2 Å². The highest BCUT2D eigenvalue weighted by Gasteiger charge is 2.52. The summed E-state index contributed by atoms with van der Waals surface area (Å²) in [6, 6.07) is 7.87. The van der Waals surface area contributed by atoms with Gasteiger partial charge < -0.3 is 0 Å². The minimum absolute atomic E-state index is 0.0147. The number of Topliss-reactive ketones (excluding diaryl/α,β-unsaturated/α-hetero) is 1. The molecule has 0 amide bonds. The Labute approximate surface area is 131 Å². The number of benzene rings is 1. The lowest BCUT2D eigenvalue weighted by atomic mass is 9.58. The standard InChI is InChI=1S/C19H22N2O/c1-12-17-18(22)15-6-5-14(10-20)9-16(15)19(12,2)7-8-21(17)11-13-3-4-13/h5-6,9,12-13,17H,3-4,7-8,11H2,1-2H3. The number of carbonyl (C=O) groups excluding carboxylic acids is 1. The van der Waals surface area contributed by atoms with Crippen molar-refractivity contribution in [2.75, 3.05) is 13.1 Å². The second-order valence-electron chi connectivity index (χ2n) is 7.58. The third-order valence-electron chi connectivity index (χ3n) is 6.28. The molecule has 1 saturated carbocycles. The van der Waals surface area contributed by atoms with E-state index in [0.29, 0.717) is 11.5 Å². The Morgan fingerprint density at radius 3 is 2.86 bits per heavy atom. The summed E-state index contributed by atoms with van der Waals surface area (Å²) in [6.45, 7) is 6.60. The molecule has 0 spiro atoms. The molecule has 4 rings (SSSR count). The molecular weight excluding hydrogens is 272 g/mol. The smallest absolute Gasteiger partial charge is 0.180 e. The number of rotatable bonds is 2. The van der Waals surface area contributed by atoms with Gasteiger partial charge in [-0.1, -0.05) is 13.8 Å². The lowest BCUT2D eigenvalue weighted by molar-refractivity contribution is 0.0266. The zero-order valence-electron chi connectivity index (χ0n) is 13.3. The zero-order chi connectivity index (χ0) is 15.5. The molecule has 3 heteroatoms. The third-order valence-corrected chi connectivity index (χ3v) is 6.28. The monoisotopic (exact) mass is 294 g/mol. The molecule has 2 bridgehead atoms. The Balaban J connectivity index is 1.80. The SMILES string of the molecule is CC1C2C(=O)c3ccc(C#N)cc3C1(C)CCN2CC1CC1. The lowest BCUT2D eigenvalue weighted by Gasteiger charge is -2.53. The van der Waals surface area contributed by atoms with Crippen LogP contribution in [-0.4, -0.2) is 29.8 Å². The number of carbonyl (C=O) groups is 1. The Morgan fingerprint density at radius 2 is 2.18 bits per heavy atom. The van der Waals surface area contributed by atoms with Gasteiger partial charge in [0.1, 0.15) is 0 Å². The van der Waals surface area contributed by atoms with Crippen LogP contribution in [0, 0.1) is 23.2 Å². The van der Waals surface area contributed by atoms with Crippen LogP contribution in [-0.2, 0) is 5.41 Å². The van der Waals surface area contributed by atoms with E-state index in [1.54, 1.807) is 6.07 Å². The topological polar surface area (TPSA) is 44.1 Å². The van der Waals surface area contributed by atoms with Gasteiger partial charge in [-0.15, -0.1) is 0 Å². The van der Waals surface area contributed by atoms with Gasteiger partial charge in [0.2, 0.25) is 0 Å². The molecule has 1 saturated heterocycles. The van der Waals surface area contributed by atoms with Crippen LogP contribution < -0.4 is 0 Å². The first-order chi connectivity index (χ1) is 10.5. The van der Waals surface area contributed by atoms with Crippen molar-refractivity contribution in [3.63, 3.8) is 0 Å². The van der Waals surface area contributed by atoms with Crippen LogP contribution in [0.2, 0.25) is 0 Å². The molecule has 3 aliphatic rings. The van der Waals surface area contributed by atoms with Crippen LogP contribution in [0.15, 0.2) is 18.2 Å². The average Bonchev–Trinajstić information content (AvgIpc) is 3.33. The van der Waals surface area contributed by atoms with Crippen molar-refractivity contribution in [1.82, 2.24) is 4.90 Å². The van der Waals surface area contributed by atoms with Crippen molar-refractivity contribution in [2.24, 2.45) is 11.8 Å². The first kappa shape index (κ1) is 14.0. The number of nitriles is 1. The van der Waals surface area contributed by atoms with Crippen molar-refractivity contribution in [2.45, 2.75) is 44.6 Å². The lowest BCUT2D eigenvalue weighted by Crippen LogP contribution is -2.61. The second kappa shape index (κ2) is 4.67. The van der Waals surface area contributed by atoms with Crippen LogP contribution in [0.3, 0.4) is 0 Å². The quantitative estimate of drug-likeness (QED) is 0.841. The summed E-state index contributed by atoms with van der Waals surface area (Å²) in [5.41, 5.74) is 2.64. The van der Waals surface area contributed by atoms with Crippen LogP contribution in [0.5, 0.6) is 0 Å². The first-order valence-electron chi connectivity index (χ1n) is 8.37. The van der Waals surface area contributed by atoms with Gasteiger partial charge in [0.25, 0.3) is 0 Å². The predicted molar refractivity (Wildman–Crippen MR) is 84.7 cm³/mol. The van der Waals surface area contributed by atoms with Crippen molar-refractivity contribution < 1.29 is 4.79 Å². The molecule has 0 N–H and O–H groups in total. The van der Waals surface area contributed by atoms with Gasteiger partial charge in [0.05, 0.1) is 17.7 Å². The van der Waals surface area contributed by atoms with E-state index in [1.165, 1.54) is 12.8 Å². The number of nitrogens with zero attached hydrogens (tertiary/aromatic N) is 2. The predicted octanol–water partition coefficient (Wildman–Crippen LogP) is 3.13. The zero-order valence-corrected chi connectivity index (χ0v) is 13.3. The van der Waals surface area contributed by atoms with Crippen molar-refractivity contribution >= 4 is 5.78 Å². The van der Waals surface area contributed by atoms with Crippen molar-refractivity contribution in [3.8, 4) is 6.07 Å². The molecule has 1 aromatic carbocycles. The molecule has 3 nitrogen and oxygen atoms in total. The number of likely N-dealkylation sites (tertiary alicyclic amines) is 1. The minimum Gasteiger partial charge on any atom is -0.293 e. The van der Waals surface area contributed by atoms with Gasteiger partial charge in [-0.2, -0.15) is 5.26 Å². The Bertz CT molecular complexity index is 685. The minimum atomic E-state index is 0.0147. The molecule has 1 heterocycles. The molecule has 2 fully saturated rings. The van der Waals surface area contributed by atoms with Crippen LogP contribution in [0.25, 0.3) is 0 Å². The van der Waals surface area contributed by atoms with E-state index in [1.807, 2.05) is 12.1 Å². The largest absolute Gasteiger partial charge is 0.293 e. The first-order valence-corrected chi connectivity index (χ1v) is 8.37. The summed E-state index contributed by atoms with van der Waals surface area (Å²) in [5, 5.41) is 9.18. The summed E-state index contributed by atoms with van der Waals surface area (Å²) in [7, 11) is 0. The molecule has 3 unspecified atom stereocenters. The number of hydrogen-bond acceptors (Lipinski definition) is 3. The molecule has 22 heavy (non-hydrogen) atoms. The van der Waals surface area contributed by atoms with Crippen LogP contribution in [0.1, 0.15) is 54.6 Å². The van der Waals surface area contributed by atoms with Gasteiger partial charge in [-0.3, -0.25) is 9.69 Å². The van der Waals surface area contributed by atoms with Gasteiger partial charge in [0.15, 0.2) is 5.78 Å². The summed E-state index contributed by atoms with van der Waals surface area (Å²) in [5.74, 6) is 1.39. The molecule has 1 aliphatic heterocycles. The number of hydrogen-bond donors (Lipinski definition) is 0. The van der Waals surface area contributed by atoms with E-state index >= 15 is 0 Å². The molecule has 1 aromatic rings. The normalized spacial score (nSPS) is 34.1. The van der Waals surface area contributed by atoms with Crippen molar-refractivity contribution in [3.05, 3.63) is 34.9 Å². The van der Waals surface area contributed by atoms with Crippen LogP contribution >= 0.6 is 0 Å². The van der Waals surface area contributed by atoms with Gasteiger partial charge >= 0.3 is 0 Å². The third kappa shape index (κ3) is 1.87. The van der Waals surface area contributed by atoms with E-state index in [0.717, 1.165) is 36.6 Å². The van der Waals surface area contributed by atoms with E-state index < -0.39 is 0 Å². The Kier molecular flexibility index (Phi) is 2.96. The molecular formula is C19H22N2O. The summed E-state index contributed by atoms with van der Waals surface area (Å²) < 4.78 is 0. The van der Waals surface area contributed by atoms with Gasteiger partial charge in [0, 0.05) is 12.1 Å². The molecule has 3 atom stereocenters.